The number of para-hydroxylation sites is 1. The molecule has 154 valence electrons. The van der Waals surface area contributed by atoms with Crippen LogP contribution in [0.1, 0.15) is 34.1 Å². The number of amidine groups is 1. The van der Waals surface area contributed by atoms with Crippen molar-refractivity contribution in [2.75, 3.05) is 4.43 Å². The first-order chi connectivity index (χ1) is 13.0. The molecular formula is C21H31IN2O2SSi. The van der Waals surface area contributed by atoms with Gasteiger partial charge in [0.05, 0.1) is 23.8 Å². The number of hydrogen-bond donors (Lipinski definition) is 0. The first-order valence-corrected chi connectivity index (χ1v) is 15.2. The summed E-state index contributed by atoms with van der Waals surface area (Å²) >= 11 is 4.19. The van der Waals surface area contributed by atoms with Crippen LogP contribution in [0.15, 0.2) is 35.3 Å². The maximum Gasteiger partial charge on any atom is 0.236 e. The standard InChI is InChI=1S/C21H31IN2O2SSi/c1-14(26-28(5,6)21(2,3)4)18-17-12-16(13-22)27-20(24(17)19(18)25)23-15-10-8-7-9-11-15/h7-11,14,16-18H,12-13H2,1-6H3/t14-,16+,17-,18-/m1/s1. The Bertz CT molecular complexity index is 751. The van der Waals surface area contributed by atoms with Crippen LogP contribution in [0.5, 0.6) is 0 Å². The number of rotatable bonds is 5. The number of carbonyl (C=O) groups is 1. The van der Waals surface area contributed by atoms with Gasteiger partial charge >= 0.3 is 0 Å². The summed E-state index contributed by atoms with van der Waals surface area (Å²) in [5.74, 6) is 0.117. The minimum absolute atomic E-state index is 0.0504. The fraction of sp³-hybridized carbons (Fsp3) is 0.619. The summed E-state index contributed by atoms with van der Waals surface area (Å²) in [6.45, 7) is 13.3. The lowest BCUT2D eigenvalue weighted by atomic mass is 9.81. The van der Waals surface area contributed by atoms with Gasteiger partial charge in [0.1, 0.15) is 0 Å². The summed E-state index contributed by atoms with van der Waals surface area (Å²) in [5.41, 5.74) is 0.902. The first kappa shape index (κ1) is 22.3. The predicted octanol–water partition coefficient (Wildman–Crippen LogP) is 5.85. The molecule has 1 amide bonds. The Hall–Kier alpha value is -0.383. The largest absolute Gasteiger partial charge is 0.413 e. The number of benzene rings is 1. The Labute approximate surface area is 188 Å². The van der Waals surface area contributed by atoms with Crippen LogP contribution in [0.2, 0.25) is 18.1 Å². The maximum atomic E-state index is 13.1. The molecule has 4 atom stereocenters. The van der Waals surface area contributed by atoms with Crippen molar-refractivity contribution in [2.24, 2.45) is 10.9 Å². The smallest absolute Gasteiger partial charge is 0.236 e. The lowest BCUT2D eigenvalue weighted by Crippen LogP contribution is -2.69. The van der Waals surface area contributed by atoms with Gasteiger partial charge in [-0.05, 0) is 43.6 Å². The molecule has 0 unspecified atom stereocenters. The van der Waals surface area contributed by atoms with Crippen LogP contribution in [0.25, 0.3) is 0 Å². The van der Waals surface area contributed by atoms with Gasteiger partial charge < -0.3 is 4.43 Å². The molecular weight excluding hydrogens is 499 g/mol. The average molecular weight is 531 g/mol. The van der Waals surface area contributed by atoms with Gasteiger partial charge in [0.25, 0.3) is 0 Å². The molecule has 2 saturated heterocycles. The minimum atomic E-state index is -1.91. The Morgan fingerprint density at radius 2 is 1.96 bits per heavy atom. The molecule has 2 aliphatic rings. The summed E-state index contributed by atoms with van der Waals surface area (Å²) in [6, 6.07) is 10.1. The molecule has 7 heteroatoms. The van der Waals surface area contributed by atoms with Gasteiger partial charge in [-0.25, -0.2) is 4.99 Å². The number of β-lactam (4-membered cyclic amide) rings is 1. The quantitative estimate of drug-likeness (QED) is 0.208. The third-order valence-corrected chi connectivity index (χ3v) is 13.6. The van der Waals surface area contributed by atoms with E-state index < -0.39 is 8.32 Å². The SMILES string of the molecule is C[C@@H](O[Si](C)(C)C(C)(C)C)[C@H]1C(=O)N2C(=Nc3ccccc3)S[C@H](CI)C[C@H]12. The van der Waals surface area contributed by atoms with E-state index in [0.717, 1.165) is 21.7 Å². The van der Waals surface area contributed by atoms with E-state index in [-0.39, 0.29) is 29.0 Å². The Morgan fingerprint density at radius 1 is 1.32 bits per heavy atom. The summed E-state index contributed by atoms with van der Waals surface area (Å²) < 4.78 is 7.65. The van der Waals surface area contributed by atoms with Crippen molar-refractivity contribution in [2.45, 2.75) is 69.6 Å². The van der Waals surface area contributed by atoms with E-state index in [0.29, 0.717) is 5.25 Å². The number of alkyl halides is 1. The number of hydrogen-bond acceptors (Lipinski definition) is 4. The van der Waals surface area contributed by atoms with E-state index in [1.165, 1.54) is 0 Å². The molecule has 2 heterocycles. The molecule has 0 aromatic heterocycles. The summed E-state index contributed by atoms with van der Waals surface area (Å²) in [5, 5.41) is 1.48. The highest BCUT2D eigenvalue weighted by Crippen LogP contribution is 2.46. The summed E-state index contributed by atoms with van der Waals surface area (Å²) in [4.78, 5) is 19.9. The van der Waals surface area contributed by atoms with Crippen LogP contribution in [0, 0.1) is 5.92 Å². The number of halogens is 1. The van der Waals surface area contributed by atoms with Crippen molar-refractivity contribution in [3.05, 3.63) is 30.3 Å². The highest BCUT2D eigenvalue weighted by molar-refractivity contribution is 14.1. The third-order valence-electron chi connectivity index (χ3n) is 6.20. The molecule has 1 aromatic carbocycles. The minimum Gasteiger partial charge on any atom is -0.413 e. The van der Waals surface area contributed by atoms with Crippen LogP contribution in [0.4, 0.5) is 5.69 Å². The predicted molar refractivity (Wildman–Crippen MR) is 130 cm³/mol. The fourth-order valence-corrected chi connectivity index (χ4v) is 7.07. The van der Waals surface area contributed by atoms with Gasteiger partial charge in [-0.2, -0.15) is 0 Å². The zero-order chi connectivity index (χ0) is 20.7. The lowest BCUT2D eigenvalue weighted by Gasteiger charge is -2.54. The lowest BCUT2D eigenvalue weighted by molar-refractivity contribution is -0.154. The monoisotopic (exact) mass is 530 g/mol. The maximum absolute atomic E-state index is 13.1. The van der Waals surface area contributed by atoms with Crippen LogP contribution < -0.4 is 0 Å². The number of nitrogens with zero attached hydrogens (tertiary/aromatic N) is 2. The van der Waals surface area contributed by atoms with E-state index in [1.807, 2.05) is 35.2 Å². The number of thioether (sulfide) groups is 1. The van der Waals surface area contributed by atoms with Gasteiger partial charge in [0.15, 0.2) is 13.5 Å². The number of amides is 1. The Kier molecular flexibility index (Phi) is 6.69. The van der Waals surface area contributed by atoms with Gasteiger partial charge in [0, 0.05) is 9.68 Å². The van der Waals surface area contributed by atoms with Gasteiger partial charge in [-0.15, -0.1) is 0 Å². The van der Waals surface area contributed by atoms with Crippen molar-refractivity contribution < 1.29 is 9.22 Å². The van der Waals surface area contributed by atoms with Crippen molar-refractivity contribution in [3.63, 3.8) is 0 Å². The second-order valence-electron chi connectivity index (χ2n) is 9.24. The second kappa shape index (κ2) is 8.39. The van der Waals surface area contributed by atoms with Crippen molar-refractivity contribution in [1.29, 1.82) is 0 Å². The van der Waals surface area contributed by atoms with Crippen LogP contribution >= 0.6 is 34.4 Å². The van der Waals surface area contributed by atoms with E-state index in [1.54, 1.807) is 11.8 Å². The molecule has 28 heavy (non-hydrogen) atoms. The van der Waals surface area contributed by atoms with Gasteiger partial charge in [-0.1, -0.05) is 73.3 Å². The molecule has 0 saturated carbocycles. The topological polar surface area (TPSA) is 41.9 Å². The average Bonchev–Trinajstić information content (AvgIpc) is 2.60. The Balaban J connectivity index is 1.81. The van der Waals surface area contributed by atoms with E-state index in [2.05, 4.69) is 63.4 Å². The molecule has 1 aromatic rings. The van der Waals surface area contributed by atoms with Crippen LogP contribution in [0.3, 0.4) is 0 Å². The van der Waals surface area contributed by atoms with Crippen LogP contribution in [-0.2, 0) is 9.22 Å². The van der Waals surface area contributed by atoms with Crippen molar-refractivity contribution in [3.8, 4) is 0 Å². The molecule has 0 bridgehead atoms. The zero-order valence-corrected chi connectivity index (χ0v) is 21.6. The second-order valence-corrected chi connectivity index (χ2v) is 16.1. The highest BCUT2D eigenvalue weighted by atomic mass is 127. The van der Waals surface area contributed by atoms with E-state index >= 15 is 0 Å². The van der Waals surface area contributed by atoms with Gasteiger partial charge in [-0.3, -0.25) is 9.69 Å². The highest BCUT2D eigenvalue weighted by Gasteiger charge is 2.56. The molecule has 0 aliphatic carbocycles. The van der Waals surface area contributed by atoms with Crippen LogP contribution in [-0.4, -0.2) is 46.1 Å². The molecule has 0 N–H and O–H groups in total. The van der Waals surface area contributed by atoms with E-state index in [4.69, 9.17) is 9.42 Å². The number of carbonyl (C=O) groups excluding carboxylic acids is 1. The molecule has 3 rings (SSSR count). The third kappa shape index (κ3) is 4.37. The van der Waals surface area contributed by atoms with Gasteiger partial charge in [0.2, 0.25) is 5.91 Å². The Morgan fingerprint density at radius 3 is 2.54 bits per heavy atom. The summed E-state index contributed by atoms with van der Waals surface area (Å²) in [6.07, 6.45) is 0.966. The normalized spacial score (nSPS) is 28.1. The molecule has 4 nitrogen and oxygen atoms in total. The zero-order valence-electron chi connectivity index (χ0n) is 17.6. The van der Waals surface area contributed by atoms with E-state index in [9.17, 15) is 4.79 Å². The van der Waals surface area contributed by atoms with Crippen molar-refractivity contribution >= 4 is 59.4 Å². The fourth-order valence-electron chi connectivity index (χ4n) is 3.59. The number of aliphatic imine (C=N–C) groups is 1. The summed E-state index contributed by atoms with van der Waals surface area (Å²) in [7, 11) is -1.91. The first-order valence-electron chi connectivity index (χ1n) is 9.92. The molecule has 2 aliphatic heterocycles. The molecule has 2 fully saturated rings. The molecule has 0 radical (unpaired) electrons. The molecule has 0 spiro atoms. The number of fused-ring (bicyclic) bond motifs is 1. The van der Waals surface area contributed by atoms with Crippen molar-refractivity contribution in [1.82, 2.24) is 4.90 Å².